The van der Waals surface area contributed by atoms with E-state index in [1.54, 1.807) is 30.3 Å². The number of ketones is 1. The van der Waals surface area contributed by atoms with E-state index in [1.165, 1.54) is 41.6 Å². The highest BCUT2D eigenvalue weighted by molar-refractivity contribution is 8.00. The normalized spacial score (nSPS) is 12.8. The number of anilines is 1. The number of amides is 1. The molecule has 0 saturated heterocycles. The largest absolute Gasteiger partial charge is 0.326 e. The fourth-order valence-corrected chi connectivity index (χ4v) is 5.41. The Labute approximate surface area is 179 Å². The van der Waals surface area contributed by atoms with Crippen molar-refractivity contribution in [1.29, 1.82) is 0 Å². The summed E-state index contributed by atoms with van der Waals surface area (Å²) in [5.74, 6) is -0.122. The van der Waals surface area contributed by atoms with Gasteiger partial charge in [0.1, 0.15) is 17.2 Å². The number of hydrogen-bond acceptors (Lipinski definition) is 6. The topological polar surface area (TPSA) is 72.0 Å². The molecule has 3 heterocycles. The molecule has 5 rings (SSSR count). The van der Waals surface area contributed by atoms with Gasteiger partial charge in [-0.2, -0.15) is 0 Å². The molecule has 0 fully saturated rings. The van der Waals surface area contributed by atoms with E-state index in [9.17, 15) is 14.0 Å². The monoisotopic (exact) mass is 435 g/mol. The Morgan fingerprint density at radius 3 is 2.80 bits per heavy atom. The molecule has 30 heavy (non-hydrogen) atoms. The highest BCUT2D eigenvalue weighted by Gasteiger charge is 2.19. The van der Waals surface area contributed by atoms with Crippen molar-refractivity contribution in [2.24, 2.45) is 0 Å². The molecule has 1 N–H and O–H groups in total. The van der Waals surface area contributed by atoms with Crippen molar-refractivity contribution in [3.63, 3.8) is 0 Å². The molecule has 148 valence electrons. The van der Waals surface area contributed by atoms with Crippen molar-refractivity contribution in [3.05, 3.63) is 71.8 Å². The molecular formula is C22H14FN3O2S2. The van der Waals surface area contributed by atoms with Crippen LogP contribution in [0.1, 0.15) is 15.9 Å². The number of carbonyl (C=O) groups is 2. The molecule has 2 aromatic heterocycles. The maximum Gasteiger partial charge on any atom is 0.228 e. The molecule has 0 saturated carbocycles. The summed E-state index contributed by atoms with van der Waals surface area (Å²) >= 11 is 2.89. The van der Waals surface area contributed by atoms with E-state index in [0.717, 1.165) is 36.9 Å². The average Bonchev–Trinajstić information content (AvgIpc) is 3.34. The van der Waals surface area contributed by atoms with Gasteiger partial charge in [-0.1, -0.05) is 23.9 Å². The molecule has 0 aliphatic carbocycles. The molecule has 0 radical (unpaired) electrons. The first-order valence-corrected chi connectivity index (χ1v) is 11.0. The summed E-state index contributed by atoms with van der Waals surface area (Å²) in [4.78, 5) is 33.8. The fraction of sp³-hybridized carbons (Fsp3) is 0.0909. The predicted molar refractivity (Wildman–Crippen MR) is 117 cm³/mol. The van der Waals surface area contributed by atoms with Crippen LogP contribution in [-0.2, 0) is 11.2 Å². The lowest BCUT2D eigenvalue weighted by Crippen LogP contribution is -2.03. The lowest BCUT2D eigenvalue weighted by atomic mass is 10.1. The molecule has 5 nitrogen and oxygen atoms in total. The maximum atomic E-state index is 13.2. The molecule has 0 spiro atoms. The second kappa shape index (κ2) is 7.62. The van der Waals surface area contributed by atoms with Gasteiger partial charge in [-0.15, -0.1) is 11.3 Å². The third kappa shape index (κ3) is 3.59. The van der Waals surface area contributed by atoms with Gasteiger partial charge in [-0.05, 0) is 47.5 Å². The Morgan fingerprint density at radius 2 is 1.97 bits per heavy atom. The number of hydrogen-bond donors (Lipinski definition) is 1. The summed E-state index contributed by atoms with van der Waals surface area (Å²) in [6, 6.07) is 13.6. The number of benzene rings is 2. The van der Waals surface area contributed by atoms with Gasteiger partial charge in [0.2, 0.25) is 5.91 Å². The molecule has 4 aromatic rings. The van der Waals surface area contributed by atoms with Gasteiger partial charge in [0.25, 0.3) is 0 Å². The zero-order chi connectivity index (χ0) is 20.7. The first-order valence-electron chi connectivity index (χ1n) is 9.16. The van der Waals surface area contributed by atoms with E-state index < -0.39 is 0 Å². The summed E-state index contributed by atoms with van der Waals surface area (Å²) in [5.41, 5.74) is 3.91. The number of nitrogens with one attached hydrogen (secondary N) is 1. The van der Waals surface area contributed by atoms with Crippen LogP contribution in [0.2, 0.25) is 0 Å². The van der Waals surface area contributed by atoms with Crippen LogP contribution in [0.3, 0.4) is 0 Å². The zero-order valence-corrected chi connectivity index (χ0v) is 17.1. The third-order valence-corrected chi connectivity index (χ3v) is 7.10. The molecule has 0 unspecified atom stereocenters. The summed E-state index contributed by atoms with van der Waals surface area (Å²) in [6.45, 7) is 0. The fourth-order valence-electron chi connectivity index (χ4n) is 3.31. The standard InChI is InChI=1S/C22H14FN3O2S2/c23-15-4-1-12(2-5-15)19-9-17-21(30-19)22(25-11-24-17)29-10-18(27)13-3-6-16-14(7-13)8-20(28)26-16/h1-7,9,11H,8,10H2,(H,26,28). The van der Waals surface area contributed by atoms with Gasteiger partial charge in [0.05, 0.1) is 22.4 Å². The summed E-state index contributed by atoms with van der Waals surface area (Å²) in [5, 5.41) is 3.51. The van der Waals surface area contributed by atoms with E-state index in [0.29, 0.717) is 12.0 Å². The van der Waals surface area contributed by atoms with Crippen molar-refractivity contribution >= 4 is 50.7 Å². The van der Waals surface area contributed by atoms with E-state index in [2.05, 4.69) is 15.3 Å². The third-order valence-electron chi connectivity index (χ3n) is 4.80. The van der Waals surface area contributed by atoms with Crippen LogP contribution in [0, 0.1) is 5.82 Å². The SMILES string of the molecule is O=C1Cc2cc(C(=O)CSc3ncnc4cc(-c5ccc(F)cc5)sc34)ccc2N1. The second-order valence-electron chi connectivity index (χ2n) is 6.82. The quantitative estimate of drug-likeness (QED) is 0.272. The Balaban J connectivity index is 1.37. The molecular weight excluding hydrogens is 421 g/mol. The van der Waals surface area contributed by atoms with E-state index in [-0.39, 0.29) is 23.3 Å². The average molecular weight is 436 g/mol. The summed E-state index contributed by atoms with van der Waals surface area (Å²) in [7, 11) is 0. The summed E-state index contributed by atoms with van der Waals surface area (Å²) < 4.78 is 14.1. The minimum Gasteiger partial charge on any atom is -0.326 e. The van der Waals surface area contributed by atoms with Crippen LogP contribution in [0.25, 0.3) is 20.7 Å². The van der Waals surface area contributed by atoms with E-state index in [1.807, 2.05) is 6.07 Å². The number of nitrogens with zero attached hydrogens (tertiary/aromatic N) is 2. The minimum absolute atomic E-state index is 0.0239. The number of aromatic nitrogens is 2. The van der Waals surface area contributed by atoms with Crippen LogP contribution in [0.4, 0.5) is 10.1 Å². The minimum atomic E-state index is -0.277. The van der Waals surface area contributed by atoms with Crippen molar-refractivity contribution in [2.45, 2.75) is 11.4 Å². The van der Waals surface area contributed by atoms with Gasteiger partial charge in [0.15, 0.2) is 5.78 Å². The van der Waals surface area contributed by atoms with Crippen molar-refractivity contribution in [2.75, 3.05) is 11.1 Å². The zero-order valence-electron chi connectivity index (χ0n) is 15.5. The molecule has 1 aliphatic rings. The number of thioether (sulfide) groups is 1. The second-order valence-corrected chi connectivity index (χ2v) is 8.84. The molecule has 2 aromatic carbocycles. The van der Waals surface area contributed by atoms with Crippen molar-refractivity contribution in [3.8, 4) is 10.4 Å². The highest BCUT2D eigenvalue weighted by Crippen LogP contribution is 2.37. The Hall–Kier alpha value is -3.10. The van der Waals surface area contributed by atoms with Crippen LogP contribution in [-0.4, -0.2) is 27.4 Å². The molecule has 0 bridgehead atoms. The van der Waals surface area contributed by atoms with Crippen LogP contribution < -0.4 is 5.32 Å². The number of Topliss-reactive ketones (excluding diaryl/α,β-unsaturated/α-hetero) is 1. The number of fused-ring (bicyclic) bond motifs is 2. The summed E-state index contributed by atoms with van der Waals surface area (Å²) in [6.07, 6.45) is 1.79. The van der Waals surface area contributed by atoms with E-state index >= 15 is 0 Å². The number of carbonyl (C=O) groups excluding carboxylic acids is 2. The molecule has 1 aliphatic heterocycles. The van der Waals surface area contributed by atoms with Gasteiger partial charge in [-0.25, -0.2) is 14.4 Å². The maximum absolute atomic E-state index is 13.2. The van der Waals surface area contributed by atoms with Crippen LogP contribution in [0.15, 0.2) is 59.9 Å². The molecule has 0 atom stereocenters. The Morgan fingerprint density at radius 1 is 1.13 bits per heavy atom. The smallest absolute Gasteiger partial charge is 0.228 e. The lowest BCUT2D eigenvalue weighted by Gasteiger charge is -2.04. The predicted octanol–water partition coefficient (Wildman–Crippen LogP) is 4.97. The Bertz CT molecular complexity index is 1300. The molecule has 8 heteroatoms. The number of thiophene rings is 1. The first kappa shape index (κ1) is 18.9. The van der Waals surface area contributed by atoms with Crippen LogP contribution in [0.5, 0.6) is 0 Å². The number of rotatable bonds is 5. The van der Waals surface area contributed by atoms with Crippen molar-refractivity contribution in [1.82, 2.24) is 9.97 Å². The van der Waals surface area contributed by atoms with Gasteiger partial charge in [-0.3, -0.25) is 9.59 Å². The van der Waals surface area contributed by atoms with Gasteiger partial charge < -0.3 is 5.32 Å². The number of halogens is 1. The van der Waals surface area contributed by atoms with Gasteiger partial charge >= 0.3 is 0 Å². The first-order chi connectivity index (χ1) is 14.6. The Kier molecular flexibility index (Phi) is 4.80. The lowest BCUT2D eigenvalue weighted by molar-refractivity contribution is -0.115. The molecule has 1 amide bonds. The van der Waals surface area contributed by atoms with Gasteiger partial charge in [0, 0.05) is 16.1 Å². The van der Waals surface area contributed by atoms with E-state index in [4.69, 9.17) is 0 Å². The highest BCUT2D eigenvalue weighted by atomic mass is 32.2. The van der Waals surface area contributed by atoms with Crippen molar-refractivity contribution < 1.29 is 14.0 Å². The van der Waals surface area contributed by atoms with Crippen LogP contribution >= 0.6 is 23.1 Å².